The van der Waals surface area contributed by atoms with Gasteiger partial charge in [-0.1, -0.05) is 18.2 Å². The Balaban J connectivity index is 1.59. The molecule has 10 heteroatoms. The quantitative estimate of drug-likeness (QED) is 0.279. The molecule has 1 fully saturated rings. The van der Waals surface area contributed by atoms with Gasteiger partial charge in [0, 0.05) is 36.9 Å². The van der Waals surface area contributed by atoms with Gasteiger partial charge < -0.3 is 19.0 Å². The second kappa shape index (κ2) is 12.0. The first-order valence-corrected chi connectivity index (χ1v) is 12.4. The molecule has 2 heterocycles. The summed E-state index contributed by atoms with van der Waals surface area (Å²) in [7, 11) is 0. The van der Waals surface area contributed by atoms with Gasteiger partial charge in [0.25, 0.3) is 11.6 Å². The van der Waals surface area contributed by atoms with Crippen molar-refractivity contribution in [1.82, 2.24) is 9.80 Å². The lowest BCUT2D eigenvalue weighted by atomic mass is 10.1. The van der Waals surface area contributed by atoms with Crippen LogP contribution in [-0.4, -0.2) is 52.3 Å². The van der Waals surface area contributed by atoms with Gasteiger partial charge in [0.05, 0.1) is 17.6 Å². The maximum Gasteiger partial charge on any atom is 0.273 e. The minimum atomic E-state index is -0.530. The fraction of sp³-hybridized carbons (Fsp3) is 0.357. The standard InChI is InChI=1S/C28H30FN3O6/c1-19-5-9-22(14-26(19)32(35)36)28(34)31(16-24-4-3-13-37-24)18-27(33)30(17-25-12-6-20(2)38-25)15-21-7-10-23(29)11-8-21/h5-12,14,24H,3-4,13,15-18H2,1-2H3. The largest absolute Gasteiger partial charge is 0.464 e. The van der Waals surface area contributed by atoms with Gasteiger partial charge in [-0.15, -0.1) is 0 Å². The SMILES string of the molecule is Cc1ccc(CN(Cc2ccc(F)cc2)C(=O)CN(CC2CCCO2)C(=O)c2ccc(C)c([N+](=O)[O-])c2)o1. The van der Waals surface area contributed by atoms with E-state index in [0.717, 1.165) is 12.8 Å². The normalized spacial score (nSPS) is 14.9. The topological polar surface area (TPSA) is 106 Å². The summed E-state index contributed by atoms with van der Waals surface area (Å²) in [4.78, 5) is 41.0. The monoisotopic (exact) mass is 523 g/mol. The molecule has 0 N–H and O–H groups in total. The molecule has 1 saturated heterocycles. The fourth-order valence-electron chi connectivity index (χ4n) is 4.44. The van der Waals surface area contributed by atoms with Crippen LogP contribution in [0, 0.1) is 29.8 Å². The van der Waals surface area contributed by atoms with Crippen molar-refractivity contribution in [2.24, 2.45) is 0 Å². The van der Waals surface area contributed by atoms with Gasteiger partial charge in [-0.05, 0) is 62.6 Å². The van der Waals surface area contributed by atoms with Crippen molar-refractivity contribution in [2.75, 3.05) is 19.7 Å². The van der Waals surface area contributed by atoms with Crippen LogP contribution in [0.2, 0.25) is 0 Å². The van der Waals surface area contributed by atoms with Gasteiger partial charge in [0.1, 0.15) is 23.9 Å². The first-order chi connectivity index (χ1) is 18.2. The third-order valence-electron chi connectivity index (χ3n) is 6.50. The molecule has 2 aromatic carbocycles. The molecule has 3 aromatic rings. The summed E-state index contributed by atoms with van der Waals surface area (Å²) in [5, 5.41) is 11.4. The second-order valence-corrected chi connectivity index (χ2v) is 9.47. The number of hydrogen-bond donors (Lipinski definition) is 0. The van der Waals surface area contributed by atoms with E-state index in [1.165, 1.54) is 35.2 Å². The number of benzene rings is 2. The zero-order chi connectivity index (χ0) is 27.2. The van der Waals surface area contributed by atoms with Crippen LogP contribution in [0.25, 0.3) is 0 Å². The third kappa shape index (κ3) is 6.83. The molecule has 38 heavy (non-hydrogen) atoms. The van der Waals surface area contributed by atoms with Gasteiger partial charge in [0.2, 0.25) is 5.91 Å². The number of halogens is 1. The molecule has 1 unspecified atom stereocenters. The van der Waals surface area contributed by atoms with E-state index >= 15 is 0 Å². The molecular formula is C28H30FN3O6. The number of carbonyl (C=O) groups excluding carboxylic acids is 2. The van der Waals surface area contributed by atoms with Crippen molar-refractivity contribution in [3.8, 4) is 0 Å². The summed E-state index contributed by atoms with van der Waals surface area (Å²) in [5.41, 5.74) is 1.12. The third-order valence-corrected chi connectivity index (χ3v) is 6.50. The molecule has 200 valence electrons. The number of amides is 2. The molecule has 0 spiro atoms. The van der Waals surface area contributed by atoms with E-state index in [1.807, 2.05) is 0 Å². The summed E-state index contributed by atoms with van der Waals surface area (Å²) in [6.45, 7) is 4.23. The lowest BCUT2D eigenvalue weighted by molar-refractivity contribution is -0.385. The van der Waals surface area contributed by atoms with E-state index in [2.05, 4.69) is 0 Å². The Labute approximate surface area is 219 Å². The van der Waals surface area contributed by atoms with Crippen molar-refractivity contribution in [3.05, 3.63) is 98.7 Å². The molecule has 0 aliphatic carbocycles. The average molecular weight is 524 g/mol. The van der Waals surface area contributed by atoms with Crippen molar-refractivity contribution < 1.29 is 28.1 Å². The van der Waals surface area contributed by atoms with Crippen LogP contribution in [0.3, 0.4) is 0 Å². The summed E-state index contributed by atoms with van der Waals surface area (Å²) in [6, 6.07) is 13.7. The van der Waals surface area contributed by atoms with Gasteiger partial charge in [-0.25, -0.2) is 4.39 Å². The molecule has 2 amide bonds. The number of nitro benzene ring substituents is 1. The van der Waals surface area contributed by atoms with Gasteiger partial charge in [-0.3, -0.25) is 19.7 Å². The molecule has 0 saturated carbocycles. The summed E-state index contributed by atoms with van der Waals surface area (Å²) < 4.78 is 24.9. The number of nitrogens with zero attached hydrogens (tertiary/aromatic N) is 3. The van der Waals surface area contributed by atoms with E-state index in [0.29, 0.717) is 29.3 Å². The predicted molar refractivity (Wildman–Crippen MR) is 137 cm³/mol. The number of rotatable bonds is 10. The molecule has 1 atom stereocenters. The number of carbonyl (C=O) groups is 2. The molecule has 0 radical (unpaired) electrons. The van der Waals surface area contributed by atoms with Crippen LogP contribution in [0.5, 0.6) is 0 Å². The van der Waals surface area contributed by atoms with Crippen molar-refractivity contribution >= 4 is 17.5 Å². The number of aryl methyl sites for hydroxylation is 2. The van der Waals surface area contributed by atoms with E-state index in [9.17, 15) is 24.1 Å². The Morgan fingerprint density at radius 2 is 1.82 bits per heavy atom. The summed E-state index contributed by atoms with van der Waals surface area (Å²) >= 11 is 0. The van der Waals surface area contributed by atoms with Crippen molar-refractivity contribution in [2.45, 2.75) is 45.9 Å². The fourth-order valence-corrected chi connectivity index (χ4v) is 4.44. The highest BCUT2D eigenvalue weighted by molar-refractivity contribution is 5.97. The highest BCUT2D eigenvalue weighted by Gasteiger charge is 2.28. The number of furan rings is 1. The summed E-state index contributed by atoms with van der Waals surface area (Å²) in [5.74, 6) is 0.0483. The second-order valence-electron chi connectivity index (χ2n) is 9.47. The summed E-state index contributed by atoms with van der Waals surface area (Å²) in [6.07, 6.45) is 1.37. The Morgan fingerprint density at radius 3 is 2.45 bits per heavy atom. The van der Waals surface area contributed by atoms with Crippen LogP contribution >= 0.6 is 0 Å². The maximum atomic E-state index is 13.6. The highest BCUT2D eigenvalue weighted by Crippen LogP contribution is 2.22. The minimum absolute atomic E-state index is 0.125. The Hall–Kier alpha value is -4.05. The number of hydrogen-bond acceptors (Lipinski definition) is 6. The minimum Gasteiger partial charge on any atom is -0.464 e. The van der Waals surface area contributed by atoms with Crippen LogP contribution in [0.4, 0.5) is 10.1 Å². The molecule has 1 aliphatic heterocycles. The van der Waals surface area contributed by atoms with E-state index < -0.39 is 10.8 Å². The van der Waals surface area contributed by atoms with Crippen molar-refractivity contribution in [1.29, 1.82) is 0 Å². The Morgan fingerprint density at radius 1 is 1.05 bits per heavy atom. The van der Waals surface area contributed by atoms with E-state index in [1.54, 1.807) is 43.0 Å². The first-order valence-electron chi connectivity index (χ1n) is 12.4. The highest BCUT2D eigenvalue weighted by atomic mass is 19.1. The van der Waals surface area contributed by atoms with Gasteiger partial charge in [-0.2, -0.15) is 0 Å². The van der Waals surface area contributed by atoms with E-state index in [4.69, 9.17) is 9.15 Å². The molecule has 0 bridgehead atoms. The molecule has 9 nitrogen and oxygen atoms in total. The van der Waals surface area contributed by atoms with Crippen molar-refractivity contribution in [3.63, 3.8) is 0 Å². The number of nitro groups is 1. The van der Waals surface area contributed by atoms with E-state index in [-0.39, 0.29) is 55.3 Å². The Bertz CT molecular complexity index is 1300. The lowest BCUT2D eigenvalue weighted by Crippen LogP contribution is -2.45. The molecule has 1 aromatic heterocycles. The van der Waals surface area contributed by atoms with Crippen LogP contribution in [0.1, 0.15) is 45.8 Å². The molecular weight excluding hydrogens is 493 g/mol. The van der Waals surface area contributed by atoms with Crippen LogP contribution < -0.4 is 0 Å². The smallest absolute Gasteiger partial charge is 0.273 e. The number of ether oxygens (including phenoxy) is 1. The van der Waals surface area contributed by atoms with Crippen LogP contribution in [0.15, 0.2) is 59.0 Å². The molecule has 4 rings (SSSR count). The zero-order valence-electron chi connectivity index (χ0n) is 21.4. The van der Waals surface area contributed by atoms with Gasteiger partial charge >= 0.3 is 0 Å². The average Bonchev–Trinajstić information content (AvgIpc) is 3.55. The molecule has 1 aliphatic rings. The maximum absolute atomic E-state index is 13.6. The van der Waals surface area contributed by atoms with Crippen LogP contribution in [-0.2, 0) is 22.6 Å². The van der Waals surface area contributed by atoms with Gasteiger partial charge in [0.15, 0.2) is 0 Å². The Kier molecular flexibility index (Phi) is 8.52. The first kappa shape index (κ1) is 27.0. The predicted octanol–water partition coefficient (Wildman–Crippen LogP) is 4.79. The lowest BCUT2D eigenvalue weighted by Gasteiger charge is -2.29. The zero-order valence-corrected chi connectivity index (χ0v) is 21.4.